The van der Waals surface area contributed by atoms with Crippen LogP contribution in [-0.2, 0) is 0 Å². The first kappa shape index (κ1) is 28.0. The number of nitrogens with zero attached hydrogens (tertiary/aromatic N) is 2. The Morgan fingerprint density at radius 2 is 0.784 bits per heavy atom. The van der Waals surface area contributed by atoms with Crippen molar-refractivity contribution in [3.8, 4) is 5.69 Å². The molecule has 0 saturated carbocycles. The van der Waals surface area contributed by atoms with E-state index < -0.39 is 0 Å². The van der Waals surface area contributed by atoms with Gasteiger partial charge < -0.3 is 13.9 Å². The van der Waals surface area contributed by atoms with Gasteiger partial charge in [-0.25, -0.2) is 0 Å². The molecule has 0 aliphatic heterocycles. The van der Waals surface area contributed by atoms with Crippen LogP contribution in [-0.4, -0.2) is 4.57 Å². The van der Waals surface area contributed by atoms with E-state index >= 15 is 0 Å². The van der Waals surface area contributed by atoms with Crippen molar-refractivity contribution in [1.82, 2.24) is 4.57 Å². The summed E-state index contributed by atoms with van der Waals surface area (Å²) >= 11 is 0. The highest BCUT2D eigenvalue weighted by Crippen LogP contribution is 2.44. The minimum atomic E-state index is 0.871. The topological polar surface area (TPSA) is 21.3 Å². The Morgan fingerprint density at radius 3 is 1.51 bits per heavy atom. The lowest BCUT2D eigenvalue weighted by Gasteiger charge is -2.26. The number of aromatic nitrogens is 1. The predicted octanol–water partition coefficient (Wildman–Crippen LogP) is 13.6. The lowest BCUT2D eigenvalue weighted by molar-refractivity contribution is 0.669. The standard InChI is InChI=1S/C48H30N2O/c1-2-12-31(13-3-1)50-45-20-10-8-18-40(45)41-26-23-33(29-46(41)50)49(34-24-27-43-42-19-9-11-21-47(42)51-48(43)30-34)32-22-25-39-37-16-5-4-14-35(37)36-15-6-7-17-38(36)44(39)28-32/h1-30H. The highest BCUT2D eigenvalue weighted by Gasteiger charge is 2.20. The van der Waals surface area contributed by atoms with E-state index in [1.165, 1.54) is 48.6 Å². The van der Waals surface area contributed by atoms with Gasteiger partial charge in [0.1, 0.15) is 11.2 Å². The number of fused-ring (bicyclic) bond motifs is 12. The van der Waals surface area contributed by atoms with Crippen molar-refractivity contribution in [1.29, 1.82) is 0 Å². The van der Waals surface area contributed by atoms with E-state index in [4.69, 9.17) is 4.42 Å². The summed E-state index contributed by atoms with van der Waals surface area (Å²) in [7, 11) is 0. The lowest BCUT2D eigenvalue weighted by atomic mass is 9.94. The maximum atomic E-state index is 6.45. The number of para-hydroxylation sites is 3. The number of rotatable bonds is 4. The Morgan fingerprint density at radius 1 is 0.314 bits per heavy atom. The van der Waals surface area contributed by atoms with Crippen LogP contribution in [0.4, 0.5) is 17.1 Å². The molecule has 0 fully saturated rings. The maximum absolute atomic E-state index is 6.45. The zero-order valence-electron chi connectivity index (χ0n) is 27.6. The minimum absolute atomic E-state index is 0.871. The second-order valence-corrected chi connectivity index (χ2v) is 13.3. The summed E-state index contributed by atoms with van der Waals surface area (Å²) < 4.78 is 8.83. The van der Waals surface area contributed by atoms with Gasteiger partial charge in [-0.2, -0.15) is 0 Å². The van der Waals surface area contributed by atoms with Gasteiger partial charge in [0.2, 0.25) is 0 Å². The molecular weight excluding hydrogens is 621 g/mol. The van der Waals surface area contributed by atoms with Crippen molar-refractivity contribution in [3.05, 3.63) is 182 Å². The predicted molar refractivity (Wildman–Crippen MR) is 215 cm³/mol. The molecule has 238 valence electrons. The Kier molecular flexibility index (Phi) is 5.96. The fraction of sp³-hybridized carbons (Fsp3) is 0. The first-order valence-electron chi connectivity index (χ1n) is 17.4. The molecule has 0 amide bonds. The van der Waals surface area contributed by atoms with Gasteiger partial charge in [0.15, 0.2) is 0 Å². The molecule has 3 heteroatoms. The number of benzene rings is 9. The molecule has 0 aliphatic carbocycles. The number of anilines is 3. The summed E-state index contributed by atoms with van der Waals surface area (Å²) in [4.78, 5) is 2.38. The van der Waals surface area contributed by atoms with Gasteiger partial charge in [0.05, 0.1) is 11.0 Å². The van der Waals surface area contributed by atoms with Crippen molar-refractivity contribution in [2.75, 3.05) is 4.90 Å². The van der Waals surface area contributed by atoms with Crippen LogP contribution < -0.4 is 4.90 Å². The smallest absolute Gasteiger partial charge is 0.137 e. The third-order valence-corrected chi connectivity index (χ3v) is 10.5. The van der Waals surface area contributed by atoms with Crippen LogP contribution in [0.2, 0.25) is 0 Å². The molecule has 11 rings (SSSR count). The van der Waals surface area contributed by atoms with Crippen LogP contribution in [0.3, 0.4) is 0 Å². The van der Waals surface area contributed by atoms with Crippen LogP contribution in [0.25, 0.3) is 81.7 Å². The van der Waals surface area contributed by atoms with Crippen LogP contribution in [0, 0.1) is 0 Å². The summed E-state index contributed by atoms with van der Waals surface area (Å²) in [5.41, 5.74) is 8.45. The van der Waals surface area contributed by atoms with E-state index in [1.54, 1.807) is 0 Å². The molecule has 2 heterocycles. The van der Waals surface area contributed by atoms with E-state index in [2.05, 4.69) is 179 Å². The van der Waals surface area contributed by atoms with Gasteiger partial charge in [-0.15, -0.1) is 0 Å². The van der Waals surface area contributed by atoms with E-state index in [0.29, 0.717) is 0 Å². The molecule has 51 heavy (non-hydrogen) atoms. The monoisotopic (exact) mass is 650 g/mol. The summed E-state index contributed by atoms with van der Waals surface area (Å²) in [5, 5.41) is 12.2. The first-order valence-corrected chi connectivity index (χ1v) is 17.4. The van der Waals surface area contributed by atoms with Crippen LogP contribution in [0.1, 0.15) is 0 Å². The molecule has 0 atom stereocenters. The zero-order chi connectivity index (χ0) is 33.5. The van der Waals surface area contributed by atoms with Crippen molar-refractivity contribution in [3.63, 3.8) is 0 Å². The summed E-state index contributed by atoms with van der Waals surface area (Å²) in [6, 6.07) is 65.6. The van der Waals surface area contributed by atoms with Crippen LogP contribution in [0.5, 0.6) is 0 Å². The number of hydrogen-bond donors (Lipinski definition) is 0. The molecule has 3 nitrogen and oxygen atoms in total. The van der Waals surface area contributed by atoms with Gasteiger partial charge in [0, 0.05) is 50.4 Å². The van der Waals surface area contributed by atoms with E-state index in [-0.39, 0.29) is 0 Å². The molecule has 0 N–H and O–H groups in total. The second kappa shape index (κ2) is 10.8. The average Bonchev–Trinajstić information content (AvgIpc) is 3.73. The summed E-state index contributed by atoms with van der Waals surface area (Å²) in [5.74, 6) is 0. The molecular formula is C48H30N2O. The fourth-order valence-electron chi connectivity index (χ4n) is 8.29. The van der Waals surface area contributed by atoms with Crippen molar-refractivity contribution in [2.24, 2.45) is 0 Å². The molecule has 0 saturated heterocycles. The molecule has 0 unspecified atom stereocenters. The third-order valence-electron chi connectivity index (χ3n) is 10.5. The highest BCUT2D eigenvalue weighted by molar-refractivity contribution is 6.26. The summed E-state index contributed by atoms with van der Waals surface area (Å²) in [6.45, 7) is 0. The molecule has 0 aliphatic rings. The second-order valence-electron chi connectivity index (χ2n) is 13.3. The van der Waals surface area contributed by atoms with Gasteiger partial charge in [-0.1, -0.05) is 115 Å². The Balaban J connectivity index is 1.21. The van der Waals surface area contributed by atoms with Crippen molar-refractivity contribution in [2.45, 2.75) is 0 Å². The fourth-order valence-corrected chi connectivity index (χ4v) is 8.29. The average molecular weight is 651 g/mol. The zero-order valence-corrected chi connectivity index (χ0v) is 27.6. The normalized spacial score (nSPS) is 11.9. The largest absolute Gasteiger partial charge is 0.456 e. The van der Waals surface area contributed by atoms with Gasteiger partial charge >= 0.3 is 0 Å². The van der Waals surface area contributed by atoms with Gasteiger partial charge in [-0.3, -0.25) is 0 Å². The Labute approximate surface area is 293 Å². The molecule has 0 radical (unpaired) electrons. The summed E-state index contributed by atoms with van der Waals surface area (Å²) in [6.07, 6.45) is 0. The van der Waals surface area contributed by atoms with Crippen molar-refractivity contribution < 1.29 is 4.42 Å². The third kappa shape index (κ3) is 4.19. The molecule has 0 spiro atoms. The molecule has 9 aromatic carbocycles. The van der Waals surface area contributed by atoms with Gasteiger partial charge in [0.25, 0.3) is 0 Å². The number of furan rings is 1. The minimum Gasteiger partial charge on any atom is -0.456 e. The first-order chi connectivity index (χ1) is 25.3. The van der Waals surface area contributed by atoms with Crippen LogP contribution in [0.15, 0.2) is 186 Å². The van der Waals surface area contributed by atoms with E-state index in [9.17, 15) is 0 Å². The van der Waals surface area contributed by atoms with E-state index in [1.807, 2.05) is 12.1 Å². The molecule has 11 aromatic rings. The number of hydrogen-bond acceptors (Lipinski definition) is 2. The molecule has 0 bridgehead atoms. The maximum Gasteiger partial charge on any atom is 0.137 e. The van der Waals surface area contributed by atoms with E-state index in [0.717, 1.165) is 50.2 Å². The SMILES string of the molecule is c1ccc(-n2c3ccccc3c3ccc(N(c4ccc5c(c4)oc4ccccc45)c4ccc5c6ccccc6c6ccccc6c5c4)cc32)cc1. The van der Waals surface area contributed by atoms with Gasteiger partial charge in [-0.05, 0) is 93.0 Å². The Bertz CT molecular complexity index is 3120. The lowest BCUT2D eigenvalue weighted by Crippen LogP contribution is -2.10. The highest BCUT2D eigenvalue weighted by atomic mass is 16.3. The molecule has 2 aromatic heterocycles. The van der Waals surface area contributed by atoms with Crippen molar-refractivity contribution >= 4 is 93.1 Å². The van der Waals surface area contributed by atoms with Crippen LogP contribution >= 0.6 is 0 Å². The Hall–Kier alpha value is -6.84. The quantitative estimate of drug-likeness (QED) is 0.177.